The largest absolute Gasteiger partial charge is 0.376 e. The van der Waals surface area contributed by atoms with Crippen LogP contribution in [0.4, 0.5) is 0 Å². The van der Waals surface area contributed by atoms with Crippen LogP contribution in [0, 0.1) is 0 Å². The number of nitrogens with zero attached hydrogens (tertiary/aromatic N) is 2. The van der Waals surface area contributed by atoms with Crippen molar-refractivity contribution in [2.24, 2.45) is 0 Å². The van der Waals surface area contributed by atoms with Crippen LogP contribution in [0.1, 0.15) is 44.5 Å². The third kappa shape index (κ3) is 3.20. The van der Waals surface area contributed by atoms with Gasteiger partial charge in [0.05, 0.1) is 18.3 Å². The second-order valence-corrected chi connectivity index (χ2v) is 7.64. The molecule has 0 aromatic carbocycles. The fourth-order valence-electron chi connectivity index (χ4n) is 3.36. The topological polar surface area (TPSA) is 46.5 Å². The zero-order chi connectivity index (χ0) is 15.9. The molecule has 0 spiro atoms. The average molecular weight is 305 g/mol. The van der Waals surface area contributed by atoms with Crippen molar-refractivity contribution >= 4 is 5.91 Å². The number of carbonyl (C=O) groups excluding carboxylic acids is 1. The van der Waals surface area contributed by atoms with Crippen molar-refractivity contribution in [3.8, 4) is 0 Å². The molecule has 0 bridgehead atoms. The van der Waals surface area contributed by atoms with E-state index in [1.807, 2.05) is 18.5 Å². The monoisotopic (exact) mass is 305 g/mol. The number of nitrogens with one attached hydrogen (secondary N) is 1. The lowest BCUT2D eigenvalue weighted by atomic mass is 10.1. The maximum atomic E-state index is 12.4. The van der Waals surface area contributed by atoms with Crippen molar-refractivity contribution in [2.45, 2.75) is 57.8 Å². The summed E-state index contributed by atoms with van der Waals surface area (Å²) < 4.78 is 7.79. The molecule has 122 valence electrons. The lowest BCUT2D eigenvalue weighted by Gasteiger charge is -2.33. The minimum absolute atomic E-state index is 0.0000122. The Labute approximate surface area is 132 Å². The maximum absolute atomic E-state index is 12.4. The highest BCUT2D eigenvalue weighted by molar-refractivity contribution is 5.94. The Morgan fingerprint density at radius 2 is 2.14 bits per heavy atom. The van der Waals surface area contributed by atoms with Crippen molar-refractivity contribution in [2.75, 3.05) is 19.7 Å². The van der Waals surface area contributed by atoms with Gasteiger partial charge in [-0.3, -0.25) is 9.69 Å². The number of morpholine rings is 1. The minimum Gasteiger partial charge on any atom is -0.376 e. The van der Waals surface area contributed by atoms with Crippen molar-refractivity contribution in [1.82, 2.24) is 14.8 Å². The summed E-state index contributed by atoms with van der Waals surface area (Å²) in [6.45, 7) is 11.2. The summed E-state index contributed by atoms with van der Waals surface area (Å²) in [5.41, 5.74) is 0.740. The molecule has 0 aliphatic carbocycles. The second kappa shape index (κ2) is 5.70. The molecule has 0 unspecified atom stereocenters. The molecule has 3 rings (SSSR count). The van der Waals surface area contributed by atoms with Crippen LogP contribution in [0.25, 0.3) is 0 Å². The maximum Gasteiger partial charge on any atom is 0.253 e. The molecular weight excluding hydrogens is 278 g/mol. The number of ether oxygens (including phenoxy) is 1. The van der Waals surface area contributed by atoms with Crippen LogP contribution in [0.5, 0.6) is 0 Å². The zero-order valence-corrected chi connectivity index (χ0v) is 14.0. The molecule has 2 saturated heterocycles. The van der Waals surface area contributed by atoms with Crippen LogP contribution in [-0.2, 0) is 10.3 Å². The highest BCUT2D eigenvalue weighted by atomic mass is 16.5. The first kappa shape index (κ1) is 15.6. The van der Waals surface area contributed by atoms with Crippen molar-refractivity contribution < 1.29 is 9.53 Å². The summed E-state index contributed by atoms with van der Waals surface area (Å²) >= 11 is 0. The van der Waals surface area contributed by atoms with Gasteiger partial charge < -0.3 is 14.6 Å². The number of amides is 1. The van der Waals surface area contributed by atoms with Gasteiger partial charge in [0, 0.05) is 43.1 Å². The van der Waals surface area contributed by atoms with Gasteiger partial charge in [0.15, 0.2) is 0 Å². The Morgan fingerprint density at radius 3 is 2.82 bits per heavy atom. The number of carbonyl (C=O) groups is 1. The van der Waals surface area contributed by atoms with Crippen LogP contribution >= 0.6 is 0 Å². The molecule has 3 atom stereocenters. The number of hydrogen-bond donors (Lipinski definition) is 1. The first-order valence-electron chi connectivity index (χ1n) is 8.18. The predicted molar refractivity (Wildman–Crippen MR) is 86.1 cm³/mol. The van der Waals surface area contributed by atoms with Crippen LogP contribution in [-0.4, -0.2) is 53.3 Å². The van der Waals surface area contributed by atoms with Crippen LogP contribution in [0.3, 0.4) is 0 Å². The molecule has 5 heteroatoms. The van der Waals surface area contributed by atoms with E-state index in [2.05, 4.69) is 42.5 Å². The number of rotatable bonds is 2. The fourth-order valence-corrected chi connectivity index (χ4v) is 3.36. The molecule has 1 N–H and O–H groups in total. The normalized spacial score (nSPS) is 29.4. The van der Waals surface area contributed by atoms with E-state index in [0.717, 1.165) is 31.7 Å². The highest BCUT2D eigenvalue weighted by Crippen LogP contribution is 2.23. The summed E-state index contributed by atoms with van der Waals surface area (Å²) in [6, 6.07) is 2.58. The van der Waals surface area contributed by atoms with Crippen LogP contribution in [0.15, 0.2) is 18.5 Å². The Hall–Kier alpha value is -1.33. The number of hydrogen-bond acceptors (Lipinski definition) is 3. The van der Waals surface area contributed by atoms with Crippen molar-refractivity contribution in [3.63, 3.8) is 0 Å². The smallest absolute Gasteiger partial charge is 0.253 e. The zero-order valence-electron chi connectivity index (χ0n) is 14.0. The molecule has 0 saturated carbocycles. The van der Waals surface area contributed by atoms with E-state index < -0.39 is 0 Å². The molecule has 5 nitrogen and oxygen atoms in total. The third-order valence-electron chi connectivity index (χ3n) is 4.66. The van der Waals surface area contributed by atoms with Gasteiger partial charge in [-0.2, -0.15) is 0 Å². The summed E-state index contributed by atoms with van der Waals surface area (Å²) in [6.07, 6.45) is 5.19. The Bertz CT molecular complexity index is 546. The summed E-state index contributed by atoms with van der Waals surface area (Å²) in [5, 5.41) is 3.18. The Balaban J connectivity index is 1.60. The Kier molecular flexibility index (Phi) is 4.03. The molecule has 1 aromatic rings. The molecular formula is C17H27N3O2. The predicted octanol–water partition coefficient (Wildman–Crippen LogP) is 1.83. The minimum atomic E-state index is 0.0000122. The van der Waals surface area contributed by atoms with E-state index in [-0.39, 0.29) is 17.5 Å². The average Bonchev–Trinajstić information content (AvgIpc) is 3.03. The first-order valence-corrected chi connectivity index (χ1v) is 8.18. The SMILES string of the molecule is C[C@H]1CN2C[C@H](NC(=O)c3ccn(C(C)(C)C)c3)C[C@H]2CO1. The molecule has 2 aliphatic rings. The van der Waals surface area contributed by atoms with E-state index in [9.17, 15) is 4.79 Å². The Morgan fingerprint density at radius 1 is 1.36 bits per heavy atom. The van der Waals surface area contributed by atoms with Gasteiger partial charge in [0.25, 0.3) is 5.91 Å². The molecule has 3 heterocycles. The van der Waals surface area contributed by atoms with Gasteiger partial charge in [-0.25, -0.2) is 0 Å². The molecule has 1 aromatic heterocycles. The fraction of sp³-hybridized carbons (Fsp3) is 0.706. The molecule has 22 heavy (non-hydrogen) atoms. The molecule has 2 aliphatic heterocycles. The molecule has 1 amide bonds. The van der Waals surface area contributed by atoms with Gasteiger partial charge in [0.1, 0.15) is 0 Å². The quantitative estimate of drug-likeness (QED) is 0.907. The lowest BCUT2D eigenvalue weighted by molar-refractivity contribution is -0.0390. The van der Waals surface area contributed by atoms with Crippen LogP contribution in [0.2, 0.25) is 0 Å². The molecule has 2 fully saturated rings. The van der Waals surface area contributed by atoms with Crippen LogP contribution < -0.4 is 5.32 Å². The van der Waals surface area contributed by atoms with Gasteiger partial charge in [0.2, 0.25) is 0 Å². The van der Waals surface area contributed by atoms with E-state index in [4.69, 9.17) is 4.74 Å². The number of aromatic nitrogens is 1. The third-order valence-corrected chi connectivity index (χ3v) is 4.66. The second-order valence-electron chi connectivity index (χ2n) is 7.64. The first-order chi connectivity index (χ1) is 10.3. The summed E-state index contributed by atoms with van der Waals surface area (Å²) in [7, 11) is 0. The van der Waals surface area contributed by atoms with Gasteiger partial charge in [-0.05, 0) is 40.2 Å². The van der Waals surface area contributed by atoms with E-state index in [1.165, 1.54) is 0 Å². The van der Waals surface area contributed by atoms with E-state index >= 15 is 0 Å². The van der Waals surface area contributed by atoms with Gasteiger partial charge in [-0.15, -0.1) is 0 Å². The van der Waals surface area contributed by atoms with Gasteiger partial charge >= 0.3 is 0 Å². The molecule has 0 radical (unpaired) electrons. The summed E-state index contributed by atoms with van der Waals surface area (Å²) in [5.74, 6) is 0.0295. The standard InChI is InChI=1S/C17H27N3O2/c1-12-8-19-10-14(7-15(19)11-22-12)18-16(21)13-5-6-20(9-13)17(2,3)4/h5-6,9,12,14-15H,7-8,10-11H2,1-4H3,(H,18,21)/t12-,14+,15-/m0/s1. The highest BCUT2D eigenvalue weighted by Gasteiger charge is 2.36. The summed E-state index contributed by atoms with van der Waals surface area (Å²) in [4.78, 5) is 14.9. The van der Waals surface area contributed by atoms with Gasteiger partial charge in [-0.1, -0.05) is 0 Å². The van der Waals surface area contributed by atoms with Crippen molar-refractivity contribution in [3.05, 3.63) is 24.0 Å². The van der Waals surface area contributed by atoms with E-state index in [0.29, 0.717) is 12.1 Å². The number of fused-ring (bicyclic) bond motifs is 1. The van der Waals surface area contributed by atoms with Crippen molar-refractivity contribution in [1.29, 1.82) is 0 Å². The van der Waals surface area contributed by atoms with E-state index in [1.54, 1.807) is 0 Å². The lowest BCUT2D eigenvalue weighted by Crippen LogP contribution is -2.45.